The van der Waals surface area contributed by atoms with Gasteiger partial charge in [-0.1, -0.05) is 0 Å². The Bertz CT molecular complexity index is 402. The van der Waals surface area contributed by atoms with Crippen LogP contribution in [0.5, 0.6) is 0 Å². The van der Waals surface area contributed by atoms with Crippen LogP contribution in [-0.2, 0) is 21.8 Å². The molecule has 1 heteroatoms. The fourth-order valence-corrected chi connectivity index (χ4v) is 9.13. The van der Waals surface area contributed by atoms with E-state index < -0.39 is 21.8 Å². The summed E-state index contributed by atoms with van der Waals surface area (Å²) in [5.41, 5.74) is 6.39. The van der Waals surface area contributed by atoms with E-state index in [-0.39, 0.29) is 0 Å². The van der Waals surface area contributed by atoms with Crippen molar-refractivity contribution in [2.75, 3.05) is 0 Å². The van der Waals surface area contributed by atoms with E-state index in [4.69, 9.17) is 0 Å². The van der Waals surface area contributed by atoms with Crippen molar-refractivity contribution in [1.29, 1.82) is 0 Å². The molecule has 0 aromatic carbocycles. The first-order chi connectivity index (χ1) is 7.52. The van der Waals surface area contributed by atoms with Crippen molar-refractivity contribution in [3.63, 3.8) is 0 Å². The summed E-state index contributed by atoms with van der Waals surface area (Å²) in [5, 5.41) is 0. The van der Waals surface area contributed by atoms with Gasteiger partial charge >= 0.3 is 108 Å². The Labute approximate surface area is 108 Å². The van der Waals surface area contributed by atoms with Crippen molar-refractivity contribution in [2.45, 2.75) is 45.2 Å². The van der Waals surface area contributed by atoms with Crippen LogP contribution in [0.1, 0.15) is 40.5 Å². The summed E-state index contributed by atoms with van der Waals surface area (Å²) in [6.07, 6.45) is 7.41. The molecule has 2 rings (SSSR count). The van der Waals surface area contributed by atoms with Gasteiger partial charge < -0.3 is 0 Å². The molecule has 0 N–H and O–H groups in total. The van der Waals surface area contributed by atoms with Gasteiger partial charge in [0.15, 0.2) is 0 Å². The number of hydrogen-bond donors (Lipinski definition) is 0. The van der Waals surface area contributed by atoms with Crippen molar-refractivity contribution in [2.24, 2.45) is 0 Å². The molecule has 0 bridgehead atoms. The van der Waals surface area contributed by atoms with Gasteiger partial charge in [0.1, 0.15) is 0 Å². The van der Waals surface area contributed by atoms with Gasteiger partial charge in [0.25, 0.3) is 0 Å². The maximum absolute atomic E-state index is 2.55. The molecule has 0 unspecified atom stereocenters. The quantitative estimate of drug-likeness (QED) is 0.679. The topological polar surface area (TPSA) is 0 Å². The van der Waals surface area contributed by atoms with Gasteiger partial charge in [-0.05, 0) is 0 Å². The minimum atomic E-state index is -1.51. The zero-order valence-electron chi connectivity index (χ0n) is 11.1. The molecule has 0 fully saturated rings. The molecule has 0 heterocycles. The van der Waals surface area contributed by atoms with Crippen LogP contribution in [0.25, 0.3) is 0 Å². The summed E-state index contributed by atoms with van der Waals surface area (Å²) >= 11 is -1.51. The third-order valence-corrected chi connectivity index (χ3v) is 10.9. The van der Waals surface area contributed by atoms with E-state index in [0.717, 1.165) is 0 Å². The Balaban J connectivity index is 2.26. The molecule has 16 heavy (non-hydrogen) atoms. The Morgan fingerprint density at radius 2 is 1.19 bits per heavy atom. The molecule has 0 amide bonds. The Kier molecular flexibility index (Phi) is 3.54. The SMILES string of the molecule is CC1=C(C)[C]([Zr]([CH3])[C]2=CCC(C)=C2C)=CC1. The third-order valence-electron chi connectivity index (χ3n) is 4.12. The van der Waals surface area contributed by atoms with Crippen LogP contribution in [0.4, 0.5) is 0 Å². The zero-order valence-corrected chi connectivity index (χ0v) is 13.5. The second kappa shape index (κ2) is 4.61. The first-order valence-electron chi connectivity index (χ1n) is 6.10. The predicted molar refractivity (Wildman–Crippen MR) is 68.0 cm³/mol. The second-order valence-corrected chi connectivity index (χ2v) is 10.8. The van der Waals surface area contributed by atoms with E-state index in [1.54, 1.807) is 28.9 Å². The number of rotatable bonds is 2. The summed E-state index contributed by atoms with van der Waals surface area (Å²) in [6, 6.07) is 0. The average molecular weight is 293 g/mol. The molecule has 0 saturated heterocycles. The van der Waals surface area contributed by atoms with Gasteiger partial charge in [-0.15, -0.1) is 0 Å². The molecule has 85 valence electrons. The van der Waals surface area contributed by atoms with Crippen LogP contribution >= 0.6 is 0 Å². The van der Waals surface area contributed by atoms with Crippen LogP contribution in [0.2, 0.25) is 4.63 Å². The first-order valence-corrected chi connectivity index (χ1v) is 11.0. The molecule has 0 radical (unpaired) electrons. The molecule has 2 aliphatic rings. The molecule has 0 aliphatic heterocycles. The van der Waals surface area contributed by atoms with Crippen molar-refractivity contribution in [3.8, 4) is 0 Å². The molecule has 0 nitrogen and oxygen atoms in total. The van der Waals surface area contributed by atoms with Gasteiger partial charge in [-0.2, -0.15) is 0 Å². The Morgan fingerprint density at radius 1 is 0.812 bits per heavy atom. The molecule has 0 aromatic rings. The van der Waals surface area contributed by atoms with Crippen molar-refractivity contribution in [1.82, 2.24) is 0 Å². The standard InChI is InChI=1S/2C7H9.CH3.Zr/c2*1-6-4-3-5-7(6)2;;/h2*3H,4H2,1-2H3;1H3;. The normalized spacial score (nSPS) is 20.6. The third kappa shape index (κ3) is 1.99. The second-order valence-electron chi connectivity index (χ2n) is 5.08. The molecule has 0 aromatic heterocycles. The summed E-state index contributed by atoms with van der Waals surface area (Å²) < 4.78 is 6.05. The molecule has 0 saturated carbocycles. The van der Waals surface area contributed by atoms with E-state index in [1.807, 2.05) is 0 Å². The summed E-state index contributed by atoms with van der Waals surface area (Å²) in [4.78, 5) is 0. The van der Waals surface area contributed by atoms with Gasteiger partial charge in [-0.25, -0.2) is 0 Å². The molecular formula is C15H21Zr. The van der Waals surface area contributed by atoms with Gasteiger partial charge in [-0.3, -0.25) is 0 Å². The first kappa shape index (κ1) is 12.3. The van der Waals surface area contributed by atoms with Crippen LogP contribution < -0.4 is 0 Å². The fraction of sp³-hybridized carbons (Fsp3) is 0.467. The van der Waals surface area contributed by atoms with E-state index >= 15 is 0 Å². The van der Waals surface area contributed by atoms with Crippen molar-refractivity contribution < 1.29 is 21.8 Å². The number of allylic oxidation sites excluding steroid dienone is 8. The van der Waals surface area contributed by atoms with E-state index in [1.165, 1.54) is 12.8 Å². The molecular weight excluding hydrogens is 271 g/mol. The van der Waals surface area contributed by atoms with E-state index in [0.29, 0.717) is 0 Å². The summed E-state index contributed by atoms with van der Waals surface area (Å²) in [7, 11) is 0. The minimum absolute atomic E-state index is 1.20. The van der Waals surface area contributed by atoms with E-state index in [9.17, 15) is 0 Å². The van der Waals surface area contributed by atoms with E-state index in [2.05, 4.69) is 44.5 Å². The van der Waals surface area contributed by atoms with Crippen molar-refractivity contribution in [3.05, 3.63) is 41.0 Å². The van der Waals surface area contributed by atoms with Crippen LogP contribution in [0.3, 0.4) is 0 Å². The van der Waals surface area contributed by atoms with Crippen LogP contribution in [-0.4, -0.2) is 0 Å². The molecule has 0 atom stereocenters. The fourth-order valence-electron chi connectivity index (χ4n) is 2.60. The molecule has 0 spiro atoms. The van der Waals surface area contributed by atoms with Crippen LogP contribution in [0.15, 0.2) is 41.0 Å². The Hall–Kier alpha value is -0.157. The van der Waals surface area contributed by atoms with Gasteiger partial charge in [0.2, 0.25) is 0 Å². The zero-order chi connectivity index (χ0) is 11.9. The van der Waals surface area contributed by atoms with Crippen molar-refractivity contribution >= 4 is 0 Å². The Morgan fingerprint density at radius 3 is 1.44 bits per heavy atom. The van der Waals surface area contributed by atoms with Crippen LogP contribution in [0, 0.1) is 0 Å². The number of hydrogen-bond acceptors (Lipinski definition) is 0. The van der Waals surface area contributed by atoms with Gasteiger partial charge in [0, 0.05) is 0 Å². The predicted octanol–water partition coefficient (Wildman–Crippen LogP) is 4.90. The maximum atomic E-state index is 2.55. The summed E-state index contributed by atoms with van der Waals surface area (Å²) in [5.74, 6) is 0. The summed E-state index contributed by atoms with van der Waals surface area (Å²) in [6.45, 7) is 9.21. The monoisotopic (exact) mass is 291 g/mol. The average Bonchev–Trinajstić information content (AvgIpc) is 2.74. The van der Waals surface area contributed by atoms with Gasteiger partial charge in [0.05, 0.1) is 0 Å². The molecule has 2 aliphatic carbocycles.